The van der Waals surface area contributed by atoms with Crippen molar-refractivity contribution in [1.29, 1.82) is 0 Å². The highest BCUT2D eigenvalue weighted by molar-refractivity contribution is 6.00. The largest absolute Gasteiger partial charge is 0.463 e. The van der Waals surface area contributed by atoms with Gasteiger partial charge in [0.1, 0.15) is 11.7 Å². The molecule has 0 fully saturated rings. The van der Waals surface area contributed by atoms with Crippen LogP contribution in [0.4, 0.5) is 18.9 Å². The first kappa shape index (κ1) is 19.5. The Hall–Kier alpha value is -3.29. The predicted molar refractivity (Wildman–Crippen MR) is 99.5 cm³/mol. The minimum absolute atomic E-state index is 0.0478. The van der Waals surface area contributed by atoms with Gasteiger partial charge in [0, 0.05) is 5.69 Å². The Kier molecular flexibility index (Phi) is 5.67. The van der Waals surface area contributed by atoms with Crippen LogP contribution >= 0.6 is 0 Å². The number of esters is 1. The first-order valence-corrected chi connectivity index (χ1v) is 8.60. The van der Waals surface area contributed by atoms with Crippen LogP contribution in [0.1, 0.15) is 18.5 Å². The van der Waals surface area contributed by atoms with Crippen molar-refractivity contribution >= 4 is 17.6 Å². The second kappa shape index (κ2) is 8.16. The molecule has 0 aliphatic carbocycles. The highest BCUT2D eigenvalue weighted by Crippen LogP contribution is 2.37. The molecule has 0 radical (unpaired) electrons. The van der Waals surface area contributed by atoms with E-state index in [0.717, 1.165) is 0 Å². The molecule has 2 N–H and O–H groups in total. The summed E-state index contributed by atoms with van der Waals surface area (Å²) < 4.78 is 46.2. The molecule has 0 bridgehead atoms. The van der Waals surface area contributed by atoms with Crippen LogP contribution in [0.15, 0.2) is 76.9 Å². The standard InChI is InChI=1S/C20H18F3N3O2/c1-2-28-18(27)15-16(13-9-5-3-6-10-13)25-19(26-17(15)20(21,22)23)24-14-11-7-4-8-12-14/h3-12,16H,2H2,1H3,(H2,24,25,26). The van der Waals surface area contributed by atoms with Gasteiger partial charge in [0.05, 0.1) is 12.2 Å². The molecule has 0 aromatic heterocycles. The molecule has 0 saturated heterocycles. The van der Waals surface area contributed by atoms with Crippen LogP contribution in [0.25, 0.3) is 0 Å². The molecule has 5 nitrogen and oxygen atoms in total. The van der Waals surface area contributed by atoms with Crippen molar-refractivity contribution in [1.82, 2.24) is 5.32 Å². The summed E-state index contributed by atoms with van der Waals surface area (Å²) in [5.74, 6) is -1.17. The second-order valence-corrected chi connectivity index (χ2v) is 5.91. The lowest BCUT2D eigenvalue weighted by Gasteiger charge is -2.28. The van der Waals surface area contributed by atoms with E-state index in [0.29, 0.717) is 11.3 Å². The van der Waals surface area contributed by atoms with E-state index in [2.05, 4.69) is 15.6 Å². The zero-order valence-electron chi connectivity index (χ0n) is 15.0. The Bertz CT molecular complexity index is 894. The summed E-state index contributed by atoms with van der Waals surface area (Å²) in [6.45, 7) is 1.49. The summed E-state index contributed by atoms with van der Waals surface area (Å²) in [4.78, 5) is 16.7. The number of nitrogens with zero attached hydrogens (tertiary/aromatic N) is 1. The third-order valence-corrected chi connectivity index (χ3v) is 3.98. The lowest BCUT2D eigenvalue weighted by atomic mass is 9.96. The average Bonchev–Trinajstić information content (AvgIpc) is 2.68. The first-order valence-electron chi connectivity index (χ1n) is 8.60. The van der Waals surface area contributed by atoms with Gasteiger partial charge < -0.3 is 15.4 Å². The van der Waals surface area contributed by atoms with E-state index >= 15 is 0 Å². The third-order valence-electron chi connectivity index (χ3n) is 3.98. The molecule has 8 heteroatoms. The molecule has 1 heterocycles. The van der Waals surface area contributed by atoms with Gasteiger partial charge in [-0.05, 0) is 24.6 Å². The molecule has 1 aliphatic heterocycles. The van der Waals surface area contributed by atoms with E-state index in [1.807, 2.05) is 0 Å². The number of ether oxygens (including phenoxy) is 1. The molecule has 2 aromatic carbocycles. The fraction of sp³-hybridized carbons (Fsp3) is 0.200. The number of benzene rings is 2. The zero-order chi connectivity index (χ0) is 20.1. The highest BCUT2D eigenvalue weighted by Gasteiger charge is 2.44. The maximum atomic E-state index is 13.8. The molecular weight excluding hydrogens is 371 g/mol. The number of rotatable bonds is 4. The monoisotopic (exact) mass is 389 g/mol. The summed E-state index contributed by atoms with van der Waals surface area (Å²) in [6.07, 6.45) is -4.80. The van der Waals surface area contributed by atoms with Crippen LogP contribution < -0.4 is 10.6 Å². The normalized spacial score (nSPS) is 16.9. The topological polar surface area (TPSA) is 62.7 Å². The number of guanidine groups is 1. The van der Waals surface area contributed by atoms with Crippen molar-refractivity contribution in [3.8, 4) is 0 Å². The number of allylic oxidation sites excluding steroid dienone is 1. The summed E-state index contributed by atoms with van der Waals surface area (Å²) in [5.41, 5.74) is -0.754. The van der Waals surface area contributed by atoms with Gasteiger partial charge in [-0.15, -0.1) is 0 Å². The van der Waals surface area contributed by atoms with Gasteiger partial charge in [-0.1, -0.05) is 48.5 Å². The van der Waals surface area contributed by atoms with Crippen LogP contribution in [-0.2, 0) is 9.53 Å². The minimum atomic E-state index is -4.80. The second-order valence-electron chi connectivity index (χ2n) is 5.91. The van der Waals surface area contributed by atoms with Crippen molar-refractivity contribution in [3.63, 3.8) is 0 Å². The molecule has 28 heavy (non-hydrogen) atoms. The number of hydrogen-bond donors (Lipinski definition) is 2. The van der Waals surface area contributed by atoms with Gasteiger partial charge >= 0.3 is 12.1 Å². The number of halogens is 3. The van der Waals surface area contributed by atoms with Gasteiger partial charge in [0.25, 0.3) is 0 Å². The van der Waals surface area contributed by atoms with Crippen molar-refractivity contribution < 1.29 is 22.7 Å². The molecule has 1 atom stereocenters. The van der Waals surface area contributed by atoms with Gasteiger partial charge in [-0.3, -0.25) is 0 Å². The number of anilines is 1. The Morgan fingerprint density at radius 2 is 1.71 bits per heavy atom. The van der Waals surface area contributed by atoms with E-state index in [4.69, 9.17) is 4.74 Å². The van der Waals surface area contributed by atoms with Gasteiger partial charge in [-0.2, -0.15) is 13.2 Å². The van der Waals surface area contributed by atoms with Crippen LogP contribution in [0.3, 0.4) is 0 Å². The molecule has 2 aromatic rings. The molecule has 0 saturated carbocycles. The predicted octanol–water partition coefficient (Wildman–Crippen LogP) is 4.18. The number of nitrogens with one attached hydrogen (secondary N) is 2. The lowest BCUT2D eigenvalue weighted by Crippen LogP contribution is -2.42. The summed E-state index contributed by atoms with van der Waals surface area (Å²) >= 11 is 0. The molecular formula is C20H18F3N3O2. The van der Waals surface area contributed by atoms with Gasteiger partial charge in [0.15, 0.2) is 0 Å². The lowest BCUT2D eigenvalue weighted by molar-refractivity contribution is -0.140. The summed E-state index contributed by atoms with van der Waals surface area (Å²) in [5, 5.41) is 5.05. The number of para-hydroxylation sites is 1. The Morgan fingerprint density at radius 1 is 1.11 bits per heavy atom. The number of aliphatic imine (C=N–C) groups is 1. The maximum Gasteiger partial charge on any atom is 0.431 e. The van der Waals surface area contributed by atoms with Crippen molar-refractivity contribution in [2.45, 2.75) is 19.1 Å². The van der Waals surface area contributed by atoms with Crippen LogP contribution in [0.2, 0.25) is 0 Å². The average molecular weight is 389 g/mol. The molecule has 1 aliphatic rings. The Labute approximate surface area is 159 Å². The molecule has 1 unspecified atom stereocenters. The SMILES string of the molecule is CCOC(=O)C1=C(C(F)(F)F)NC(Nc2ccccc2)=NC1c1ccccc1. The smallest absolute Gasteiger partial charge is 0.431 e. The summed E-state index contributed by atoms with van der Waals surface area (Å²) in [6, 6.07) is 15.8. The van der Waals surface area contributed by atoms with Crippen molar-refractivity contribution in [2.24, 2.45) is 4.99 Å². The molecule has 0 amide bonds. The van der Waals surface area contributed by atoms with E-state index in [9.17, 15) is 18.0 Å². The fourth-order valence-electron chi connectivity index (χ4n) is 2.79. The number of carbonyl (C=O) groups is 1. The van der Waals surface area contributed by atoms with E-state index in [-0.39, 0.29) is 12.6 Å². The molecule has 3 rings (SSSR count). The van der Waals surface area contributed by atoms with E-state index < -0.39 is 29.5 Å². The number of alkyl halides is 3. The van der Waals surface area contributed by atoms with Gasteiger partial charge in [-0.25, -0.2) is 9.79 Å². The minimum Gasteiger partial charge on any atom is -0.463 e. The van der Waals surface area contributed by atoms with Crippen LogP contribution in [0.5, 0.6) is 0 Å². The third kappa shape index (κ3) is 4.33. The fourth-order valence-corrected chi connectivity index (χ4v) is 2.79. The number of hydrogen-bond acceptors (Lipinski definition) is 5. The Balaban J connectivity index is 2.09. The van der Waals surface area contributed by atoms with Crippen LogP contribution in [0, 0.1) is 0 Å². The Morgan fingerprint density at radius 3 is 2.29 bits per heavy atom. The first-order chi connectivity index (χ1) is 13.4. The quantitative estimate of drug-likeness (QED) is 0.771. The van der Waals surface area contributed by atoms with Gasteiger partial charge in [0.2, 0.25) is 5.96 Å². The number of carbonyl (C=O) groups excluding carboxylic acids is 1. The summed E-state index contributed by atoms with van der Waals surface area (Å²) in [7, 11) is 0. The molecule has 146 valence electrons. The highest BCUT2D eigenvalue weighted by atomic mass is 19.4. The van der Waals surface area contributed by atoms with Crippen molar-refractivity contribution in [3.05, 3.63) is 77.5 Å². The van der Waals surface area contributed by atoms with E-state index in [1.165, 1.54) is 6.92 Å². The molecule has 0 spiro atoms. The van der Waals surface area contributed by atoms with Crippen molar-refractivity contribution in [2.75, 3.05) is 11.9 Å². The van der Waals surface area contributed by atoms with E-state index in [1.54, 1.807) is 60.7 Å². The zero-order valence-corrected chi connectivity index (χ0v) is 15.0. The van der Waals surface area contributed by atoms with Crippen LogP contribution in [-0.4, -0.2) is 24.7 Å². The maximum absolute atomic E-state index is 13.8.